The normalized spacial score (nSPS) is 11.8. The molecular weight excluding hydrogens is 338 g/mol. The van der Waals surface area contributed by atoms with Gasteiger partial charge in [0.1, 0.15) is 5.75 Å². The zero-order valence-electron chi connectivity index (χ0n) is 14.2. The van der Waals surface area contributed by atoms with Crippen molar-refractivity contribution in [2.24, 2.45) is 0 Å². The van der Waals surface area contributed by atoms with E-state index in [9.17, 15) is 19.7 Å². The number of hydrogen-bond donors (Lipinski definition) is 0. The second-order valence-corrected chi connectivity index (χ2v) is 5.35. The zero-order chi connectivity index (χ0) is 19.1. The summed E-state index contributed by atoms with van der Waals surface area (Å²) in [5.74, 6) is -0.389. The lowest BCUT2D eigenvalue weighted by atomic mass is 10.1. The van der Waals surface area contributed by atoms with Crippen LogP contribution in [0, 0.1) is 10.1 Å². The summed E-state index contributed by atoms with van der Waals surface area (Å²) in [5.41, 5.74) is 0.968. The topological polar surface area (TPSA) is 95.7 Å². The van der Waals surface area contributed by atoms with Gasteiger partial charge in [-0.25, -0.2) is 4.79 Å². The summed E-state index contributed by atoms with van der Waals surface area (Å²) >= 11 is 0. The van der Waals surface area contributed by atoms with Gasteiger partial charge in [0.15, 0.2) is 6.10 Å². The van der Waals surface area contributed by atoms with Gasteiger partial charge in [0, 0.05) is 23.8 Å². The highest BCUT2D eigenvalue weighted by molar-refractivity contribution is 6.01. The van der Waals surface area contributed by atoms with Crippen LogP contribution in [0.15, 0.2) is 54.6 Å². The molecule has 2 rings (SSSR count). The molecule has 7 heteroatoms. The molecule has 7 nitrogen and oxygen atoms in total. The number of methoxy groups -OCH3 is 1. The van der Waals surface area contributed by atoms with Crippen LogP contribution in [0.1, 0.15) is 22.8 Å². The summed E-state index contributed by atoms with van der Waals surface area (Å²) in [6.45, 7) is 1.49. The van der Waals surface area contributed by atoms with Crippen LogP contribution < -0.4 is 4.74 Å². The van der Waals surface area contributed by atoms with Gasteiger partial charge < -0.3 is 9.47 Å². The minimum Gasteiger partial charge on any atom is -0.497 e. The molecule has 2 aromatic carbocycles. The highest BCUT2D eigenvalue weighted by Crippen LogP contribution is 2.15. The van der Waals surface area contributed by atoms with E-state index in [2.05, 4.69) is 0 Å². The van der Waals surface area contributed by atoms with E-state index < -0.39 is 17.0 Å². The number of nitrogens with zero attached hydrogens (tertiary/aromatic N) is 1. The Hall–Kier alpha value is -3.48. The number of rotatable bonds is 7. The Morgan fingerprint density at radius 2 is 1.69 bits per heavy atom. The number of ketones is 1. The third-order valence-corrected chi connectivity index (χ3v) is 3.55. The van der Waals surface area contributed by atoms with Crippen molar-refractivity contribution in [3.05, 3.63) is 75.8 Å². The second kappa shape index (κ2) is 8.57. The van der Waals surface area contributed by atoms with Crippen molar-refractivity contribution in [2.45, 2.75) is 13.0 Å². The molecule has 0 amide bonds. The third-order valence-electron chi connectivity index (χ3n) is 3.55. The summed E-state index contributed by atoms with van der Waals surface area (Å²) in [7, 11) is 1.53. The summed E-state index contributed by atoms with van der Waals surface area (Å²) in [5, 5.41) is 10.6. The Morgan fingerprint density at radius 3 is 2.23 bits per heavy atom. The van der Waals surface area contributed by atoms with E-state index in [1.165, 1.54) is 50.5 Å². The molecular formula is C19H17NO6. The number of esters is 1. The molecule has 1 atom stereocenters. The van der Waals surface area contributed by atoms with Crippen molar-refractivity contribution >= 4 is 23.5 Å². The SMILES string of the molecule is COc1ccc(C(=O)[C@@H](C)OC(=O)/C=C/c2ccc([N+](=O)[O-])cc2)cc1. The Balaban J connectivity index is 1.94. The van der Waals surface area contributed by atoms with Crippen molar-refractivity contribution in [1.82, 2.24) is 0 Å². The van der Waals surface area contributed by atoms with Gasteiger partial charge in [0.25, 0.3) is 5.69 Å². The van der Waals surface area contributed by atoms with Gasteiger partial charge in [-0.15, -0.1) is 0 Å². The van der Waals surface area contributed by atoms with Gasteiger partial charge in [-0.2, -0.15) is 0 Å². The van der Waals surface area contributed by atoms with E-state index in [0.29, 0.717) is 16.9 Å². The Kier molecular flexibility index (Phi) is 6.21. The van der Waals surface area contributed by atoms with Gasteiger partial charge >= 0.3 is 5.97 Å². The first kappa shape index (κ1) is 18.9. The second-order valence-electron chi connectivity index (χ2n) is 5.35. The molecule has 0 saturated carbocycles. The standard InChI is InChI=1S/C19H17NO6/c1-13(19(22)15-6-10-17(25-2)11-7-15)26-18(21)12-5-14-3-8-16(9-4-14)20(23)24/h3-13H,1-2H3/b12-5+/t13-/m1/s1. The van der Waals surface area contributed by atoms with Crippen molar-refractivity contribution in [1.29, 1.82) is 0 Å². The zero-order valence-corrected chi connectivity index (χ0v) is 14.2. The quantitative estimate of drug-likeness (QED) is 0.248. The van der Waals surface area contributed by atoms with Crippen LogP contribution >= 0.6 is 0 Å². The van der Waals surface area contributed by atoms with Crippen molar-refractivity contribution < 1.29 is 24.0 Å². The molecule has 0 aliphatic carbocycles. The molecule has 2 aromatic rings. The lowest BCUT2D eigenvalue weighted by molar-refractivity contribution is -0.384. The van der Waals surface area contributed by atoms with Crippen LogP contribution in [0.4, 0.5) is 5.69 Å². The number of benzene rings is 2. The maximum Gasteiger partial charge on any atom is 0.331 e. The number of non-ortho nitro benzene ring substituents is 1. The lowest BCUT2D eigenvalue weighted by Crippen LogP contribution is -2.23. The molecule has 134 valence electrons. The highest BCUT2D eigenvalue weighted by Gasteiger charge is 2.18. The maximum absolute atomic E-state index is 12.2. The predicted octanol–water partition coefficient (Wildman–Crippen LogP) is 3.43. The monoisotopic (exact) mass is 355 g/mol. The number of hydrogen-bond acceptors (Lipinski definition) is 6. The molecule has 0 unspecified atom stereocenters. The van der Waals surface area contributed by atoms with Crippen molar-refractivity contribution in [3.8, 4) is 5.75 Å². The summed E-state index contributed by atoms with van der Waals surface area (Å²) in [4.78, 5) is 34.2. The molecule has 0 spiro atoms. The number of Topliss-reactive ketones (excluding diaryl/α,β-unsaturated/α-hetero) is 1. The van der Waals surface area contributed by atoms with Crippen LogP contribution in [-0.4, -0.2) is 29.9 Å². The fraction of sp³-hybridized carbons (Fsp3) is 0.158. The molecule has 0 aliphatic rings. The first-order valence-electron chi connectivity index (χ1n) is 7.72. The average Bonchev–Trinajstić information content (AvgIpc) is 2.66. The van der Waals surface area contributed by atoms with E-state index >= 15 is 0 Å². The third kappa shape index (κ3) is 5.01. The largest absolute Gasteiger partial charge is 0.497 e. The molecule has 0 aromatic heterocycles. The van der Waals surface area contributed by atoms with E-state index in [0.717, 1.165) is 0 Å². The van der Waals surface area contributed by atoms with Gasteiger partial charge in [0.2, 0.25) is 5.78 Å². The van der Waals surface area contributed by atoms with Gasteiger partial charge in [-0.05, 0) is 55.0 Å². The first-order valence-corrected chi connectivity index (χ1v) is 7.72. The minimum atomic E-state index is -0.947. The Bertz CT molecular complexity index is 824. The van der Waals surface area contributed by atoms with E-state index in [1.54, 1.807) is 24.3 Å². The predicted molar refractivity (Wildman–Crippen MR) is 95.0 cm³/mol. The highest BCUT2D eigenvalue weighted by atomic mass is 16.6. The Morgan fingerprint density at radius 1 is 1.08 bits per heavy atom. The van der Waals surface area contributed by atoms with Crippen molar-refractivity contribution in [3.63, 3.8) is 0 Å². The van der Waals surface area contributed by atoms with E-state index in [4.69, 9.17) is 9.47 Å². The molecule has 0 heterocycles. The van der Waals surface area contributed by atoms with Crippen LogP contribution in [0.25, 0.3) is 6.08 Å². The number of nitro benzene ring substituents is 1. The van der Waals surface area contributed by atoms with Gasteiger partial charge in [-0.1, -0.05) is 0 Å². The lowest BCUT2D eigenvalue weighted by Gasteiger charge is -2.11. The summed E-state index contributed by atoms with van der Waals surface area (Å²) < 4.78 is 10.1. The smallest absolute Gasteiger partial charge is 0.331 e. The number of carbonyl (C=O) groups excluding carboxylic acids is 2. The van der Waals surface area contributed by atoms with Crippen LogP contribution in [0.5, 0.6) is 5.75 Å². The van der Waals surface area contributed by atoms with Gasteiger partial charge in [-0.3, -0.25) is 14.9 Å². The van der Waals surface area contributed by atoms with E-state index in [-0.39, 0.29) is 11.5 Å². The summed E-state index contributed by atoms with van der Waals surface area (Å²) in [6, 6.07) is 12.2. The average molecular weight is 355 g/mol. The minimum absolute atomic E-state index is 0.0385. The molecule has 0 radical (unpaired) electrons. The molecule has 26 heavy (non-hydrogen) atoms. The maximum atomic E-state index is 12.2. The van der Waals surface area contributed by atoms with Crippen LogP contribution in [0.3, 0.4) is 0 Å². The van der Waals surface area contributed by atoms with Crippen LogP contribution in [-0.2, 0) is 9.53 Å². The van der Waals surface area contributed by atoms with Crippen LogP contribution in [0.2, 0.25) is 0 Å². The summed E-state index contributed by atoms with van der Waals surface area (Å²) in [6.07, 6.45) is 1.67. The Labute approximate surface area is 150 Å². The van der Waals surface area contributed by atoms with Gasteiger partial charge in [0.05, 0.1) is 12.0 Å². The fourth-order valence-electron chi connectivity index (χ4n) is 2.13. The number of ether oxygens (including phenoxy) is 2. The molecule has 0 saturated heterocycles. The number of carbonyl (C=O) groups is 2. The van der Waals surface area contributed by atoms with Crippen molar-refractivity contribution in [2.75, 3.05) is 7.11 Å². The molecule has 0 bridgehead atoms. The fourth-order valence-corrected chi connectivity index (χ4v) is 2.13. The molecule has 0 aliphatic heterocycles. The first-order chi connectivity index (χ1) is 12.4. The van der Waals surface area contributed by atoms with E-state index in [1.807, 2.05) is 0 Å². The number of nitro groups is 1. The molecule has 0 N–H and O–H groups in total. The molecule has 0 fully saturated rings.